The van der Waals surface area contributed by atoms with E-state index in [0.717, 1.165) is 12.4 Å². The number of hydrogen-bond acceptors (Lipinski definition) is 2. The van der Waals surface area contributed by atoms with E-state index in [4.69, 9.17) is 4.74 Å². The molecular weight excluding hydrogens is 188 g/mol. The summed E-state index contributed by atoms with van der Waals surface area (Å²) in [5, 5.41) is 0. The van der Waals surface area contributed by atoms with Gasteiger partial charge in [0, 0.05) is 0 Å². The smallest absolute Gasteiger partial charge is 0.119 e. The maximum Gasteiger partial charge on any atom is 0.119 e. The largest absolute Gasteiger partial charge is 0.502 e. The van der Waals surface area contributed by atoms with Crippen LogP contribution in [0.25, 0.3) is 0 Å². The van der Waals surface area contributed by atoms with Crippen molar-refractivity contribution >= 4 is 0 Å². The zero-order valence-electron chi connectivity index (χ0n) is 9.19. The van der Waals surface area contributed by atoms with Gasteiger partial charge in [-0.25, -0.2) is 0 Å². The molecule has 1 rings (SSSR count). The molecule has 0 saturated carbocycles. The molecule has 0 unspecified atom stereocenters. The van der Waals surface area contributed by atoms with Gasteiger partial charge in [0.05, 0.1) is 12.9 Å². The van der Waals surface area contributed by atoms with Crippen molar-refractivity contribution in [1.29, 1.82) is 0 Å². The molecular formula is C13H18O2. The summed E-state index contributed by atoms with van der Waals surface area (Å²) in [5.74, 6) is 0.891. The molecule has 2 nitrogen and oxygen atoms in total. The Labute approximate surface area is 91.8 Å². The lowest BCUT2D eigenvalue weighted by molar-refractivity contribution is 0.270. The molecule has 0 atom stereocenters. The van der Waals surface area contributed by atoms with E-state index in [9.17, 15) is 0 Å². The van der Waals surface area contributed by atoms with Gasteiger partial charge in [0.1, 0.15) is 12.4 Å². The van der Waals surface area contributed by atoms with Crippen LogP contribution in [-0.4, -0.2) is 13.2 Å². The maximum absolute atomic E-state index is 5.24. The van der Waals surface area contributed by atoms with E-state index in [1.54, 1.807) is 6.08 Å². The van der Waals surface area contributed by atoms with Crippen molar-refractivity contribution in [3.63, 3.8) is 0 Å². The summed E-state index contributed by atoms with van der Waals surface area (Å²) < 4.78 is 9.83. The average Bonchev–Trinajstić information content (AvgIpc) is 2.30. The van der Waals surface area contributed by atoms with Crippen LogP contribution in [0.15, 0.2) is 55.8 Å². The summed E-state index contributed by atoms with van der Waals surface area (Å²) in [7, 11) is 0. The first-order valence-corrected chi connectivity index (χ1v) is 4.86. The van der Waals surface area contributed by atoms with Crippen LogP contribution in [-0.2, 0) is 4.74 Å². The highest BCUT2D eigenvalue weighted by Crippen LogP contribution is 2.07. The zero-order valence-corrected chi connectivity index (χ0v) is 9.19. The van der Waals surface area contributed by atoms with Crippen LogP contribution in [0.1, 0.15) is 6.92 Å². The third-order valence-electron chi connectivity index (χ3n) is 1.40. The number of benzene rings is 1. The van der Waals surface area contributed by atoms with E-state index in [1.807, 2.05) is 37.3 Å². The van der Waals surface area contributed by atoms with Crippen LogP contribution in [0, 0.1) is 0 Å². The Morgan fingerprint density at radius 1 is 1.20 bits per heavy atom. The van der Waals surface area contributed by atoms with Crippen molar-refractivity contribution in [2.75, 3.05) is 13.2 Å². The van der Waals surface area contributed by atoms with Gasteiger partial charge in [0.25, 0.3) is 0 Å². The highest BCUT2D eigenvalue weighted by atomic mass is 16.5. The standard InChI is InChI=1S/C9H10O.C4H8O/c1-2-8-10-9-6-4-3-5-7-9;1-3-5-4-2/h2-7H,1,8H2;3H,1,4H2,2H3. The predicted molar refractivity (Wildman–Crippen MR) is 64.0 cm³/mol. The predicted octanol–water partition coefficient (Wildman–Crippen LogP) is 3.42. The molecule has 2 heteroatoms. The van der Waals surface area contributed by atoms with Gasteiger partial charge in [0.2, 0.25) is 0 Å². The highest BCUT2D eigenvalue weighted by molar-refractivity contribution is 5.20. The van der Waals surface area contributed by atoms with Crippen LogP contribution in [0.4, 0.5) is 0 Å². The Bertz CT molecular complexity index is 254. The number of rotatable bonds is 5. The quantitative estimate of drug-likeness (QED) is 0.543. The first kappa shape index (κ1) is 13.3. The van der Waals surface area contributed by atoms with Gasteiger partial charge >= 0.3 is 0 Å². The third-order valence-corrected chi connectivity index (χ3v) is 1.40. The maximum atomic E-state index is 5.24. The lowest BCUT2D eigenvalue weighted by Crippen LogP contribution is -1.91. The lowest BCUT2D eigenvalue weighted by atomic mass is 10.3. The fourth-order valence-corrected chi connectivity index (χ4v) is 0.790. The number of para-hydroxylation sites is 1. The molecule has 0 bridgehead atoms. The van der Waals surface area contributed by atoms with Gasteiger partial charge in [-0.3, -0.25) is 0 Å². The van der Waals surface area contributed by atoms with Gasteiger partial charge in [-0.05, 0) is 19.1 Å². The summed E-state index contributed by atoms with van der Waals surface area (Å²) in [6, 6.07) is 9.69. The Morgan fingerprint density at radius 2 is 1.87 bits per heavy atom. The van der Waals surface area contributed by atoms with Crippen LogP contribution in [0.2, 0.25) is 0 Å². The summed E-state index contributed by atoms with van der Waals surface area (Å²) in [6.07, 6.45) is 3.16. The van der Waals surface area contributed by atoms with Crippen molar-refractivity contribution in [2.24, 2.45) is 0 Å². The highest BCUT2D eigenvalue weighted by Gasteiger charge is 1.84. The minimum atomic E-state index is 0.573. The van der Waals surface area contributed by atoms with E-state index in [2.05, 4.69) is 17.9 Å². The minimum absolute atomic E-state index is 0.573. The van der Waals surface area contributed by atoms with Crippen molar-refractivity contribution in [1.82, 2.24) is 0 Å². The Balaban J connectivity index is 0.000000336. The summed E-state index contributed by atoms with van der Waals surface area (Å²) in [4.78, 5) is 0. The molecule has 0 radical (unpaired) electrons. The zero-order chi connectivity index (χ0) is 11.4. The van der Waals surface area contributed by atoms with Gasteiger partial charge in [-0.2, -0.15) is 0 Å². The molecule has 0 fully saturated rings. The molecule has 1 aromatic carbocycles. The lowest BCUT2D eigenvalue weighted by Gasteiger charge is -1.99. The second-order valence-corrected chi connectivity index (χ2v) is 2.53. The van der Waals surface area contributed by atoms with Crippen molar-refractivity contribution < 1.29 is 9.47 Å². The van der Waals surface area contributed by atoms with Crippen LogP contribution in [0.5, 0.6) is 5.75 Å². The molecule has 1 aromatic rings. The molecule has 82 valence electrons. The summed E-state index contributed by atoms with van der Waals surface area (Å²) in [5.41, 5.74) is 0. The van der Waals surface area contributed by atoms with E-state index in [-0.39, 0.29) is 0 Å². The molecule has 0 aromatic heterocycles. The molecule has 0 heterocycles. The van der Waals surface area contributed by atoms with Crippen LogP contribution in [0.3, 0.4) is 0 Å². The van der Waals surface area contributed by atoms with Crippen molar-refractivity contribution in [3.05, 3.63) is 55.8 Å². The molecule has 0 aliphatic carbocycles. The Morgan fingerprint density at radius 3 is 2.27 bits per heavy atom. The fourth-order valence-electron chi connectivity index (χ4n) is 0.790. The topological polar surface area (TPSA) is 18.5 Å². The van der Waals surface area contributed by atoms with E-state index in [0.29, 0.717) is 6.61 Å². The molecule has 0 saturated heterocycles. The number of hydrogen-bond donors (Lipinski definition) is 0. The molecule has 0 aliphatic rings. The monoisotopic (exact) mass is 206 g/mol. The SMILES string of the molecule is C=CCOc1ccccc1.C=COCC. The molecule has 0 aliphatic heterocycles. The molecule has 0 N–H and O–H groups in total. The van der Waals surface area contributed by atoms with Gasteiger partial charge in [0.15, 0.2) is 0 Å². The normalized spacial score (nSPS) is 8.07. The van der Waals surface area contributed by atoms with Gasteiger partial charge in [-0.1, -0.05) is 37.4 Å². The molecule has 0 amide bonds. The fraction of sp³-hybridized carbons (Fsp3) is 0.231. The summed E-state index contributed by atoms with van der Waals surface area (Å²) in [6.45, 7) is 10.1. The third kappa shape index (κ3) is 8.63. The second-order valence-electron chi connectivity index (χ2n) is 2.53. The first-order valence-electron chi connectivity index (χ1n) is 4.86. The van der Waals surface area contributed by atoms with Crippen molar-refractivity contribution in [3.8, 4) is 5.75 Å². The second kappa shape index (κ2) is 10.4. The summed E-state index contributed by atoms with van der Waals surface area (Å²) >= 11 is 0. The molecule has 0 spiro atoms. The van der Waals surface area contributed by atoms with E-state index in [1.165, 1.54) is 6.26 Å². The van der Waals surface area contributed by atoms with Crippen LogP contribution < -0.4 is 4.74 Å². The van der Waals surface area contributed by atoms with Gasteiger partial charge < -0.3 is 9.47 Å². The van der Waals surface area contributed by atoms with E-state index >= 15 is 0 Å². The Hall–Kier alpha value is -1.70. The number of ether oxygens (including phenoxy) is 2. The Kier molecular flexibility index (Phi) is 9.20. The van der Waals surface area contributed by atoms with E-state index < -0.39 is 0 Å². The van der Waals surface area contributed by atoms with Crippen LogP contribution >= 0.6 is 0 Å². The average molecular weight is 206 g/mol. The molecule has 15 heavy (non-hydrogen) atoms. The van der Waals surface area contributed by atoms with Crippen molar-refractivity contribution in [2.45, 2.75) is 6.92 Å². The minimum Gasteiger partial charge on any atom is -0.502 e. The van der Waals surface area contributed by atoms with Gasteiger partial charge in [-0.15, -0.1) is 0 Å². The first-order chi connectivity index (χ1) is 7.35.